The lowest BCUT2D eigenvalue weighted by Crippen LogP contribution is -2.10. The number of hydrogen-bond acceptors (Lipinski definition) is 2. The lowest BCUT2D eigenvalue weighted by atomic mass is 9.96. The molecule has 44 heavy (non-hydrogen) atoms. The Morgan fingerprint density at radius 3 is 2.05 bits per heavy atom. The number of thiophene rings is 1. The molecule has 8 aromatic rings. The Hall–Kier alpha value is -5.38. The van der Waals surface area contributed by atoms with Crippen LogP contribution in [0.3, 0.4) is 0 Å². The van der Waals surface area contributed by atoms with Gasteiger partial charge in [0, 0.05) is 26.6 Å². The molecule has 0 fully saturated rings. The van der Waals surface area contributed by atoms with Crippen molar-refractivity contribution < 1.29 is 0 Å². The summed E-state index contributed by atoms with van der Waals surface area (Å²) in [7, 11) is 0. The Morgan fingerprint density at radius 1 is 0.523 bits per heavy atom. The van der Waals surface area contributed by atoms with Crippen LogP contribution < -0.4 is 4.90 Å². The number of rotatable bonds is 4. The van der Waals surface area contributed by atoms with E-state index in [-0.39, 0.29) is 0 Å². The van der Waals surface area contributed by atoms with Gasteiger partial charge in [0.1, 0.15) is 0 Å². The van der Waals surface area contributed by atoms with E-state index in [1.807, 2.05) is 11.3 Å². The zero-order valence-electron chi connectivity index (χ0n) is 23.9. The molecule has 0 radical (unpaired) electrons. The van der Waals surface area contributed by atoms with E-state index in [0.717, 1.165) is 22.7 Å². The van der Waals surface area contributed by atoms with E-state index in [9.17, 15) is 0 Å². The monoisotopic (exact) mass is 579 g/mol. The van der Waals surface area contributed by atoms with Crippen molar-refractivity contribution in [3.8, 4) is 0 Å². The Kier molecular flexibility index (Phi) is 5.78. The van der Waals surface area contributed by atoms with E-state index in [0.29, 0.717) is 6.54 Å². The summed E-state index contributed by atoms with van der Waals surface area (Å²) in [6.45, 7) is 0.710. The van der Waals surface area contributed by atoms with E-state index in [1.54, 1.807) is 0 Å². The fraction of sp³-hybridized carbons (Fsp3) is 0.0244. The Labute approximate surface area is 260 Å². The summed E-state index contributed by atoms with van der Waals surface area (Å²) in [5, 5.41) is 13.8. The highest BCUT2D eigenvalue weighted by Gasteiger charge is 2.17. The molecule has 2 nitrogen and oxygen atoms in total. The maximum atomic E-state index is 4.87. The first-order chi connectivity index (χ1) is 21.8. The van der Waals surface area contributed by atoms with Gasteiger partial charge in [-0.05, 0) is 91.3 Å². The third-order valence-electron chi connectivity index (χ3n) is 8.78. The van der Waals surface area contributed by atoms with Crippen LogP contribution in [0.25, 0.3) is 53.3 Å². The molecule has 0 unspecified atom stereocenters. The number of hydrogen-bond donors (Lipinski definition) is 0. The van der Waals surface area contributed by atoms with Crippen molar-refractivity contribution in [2.45, 2.75) is 0 Å². The Morgan fingerprint density at radius 2 is 1.18 bits per heavy atom. The van der Waals surface area contributed by atoms with E-state index < -0.39 is 0 Å². The van der Waals surface area contributed by atoms with Crippen LogP contribution in [-0.4, -0.2) is 6.54 Å². The smallest absolute Gasteiger partial charge is 0.0468 e. The van der Waals surface area contributed by atoms with Gasteiger partial charge in [-0.3, -0.25) is 0 Å². The molecule has 0 saturated carbocycles. The molecule has 0 atom stereocenters. The lowest BCUT2D eigenvalue weighted by Gasteiger charge is -2.28. The predicted molar refractivity (Wildman–Crippen MR) is 190 cm³/mol. The van der Waals surface area contributed by atoms with Crippen molar-refractivity contribution >= 4 is 82.1 Å². The fourth-order valence-electron chi connectivity index (χ4n) is 6.72. The molecule has 1 aromatic heterocycles. The summed E-state index contributed by atoms with van der Waals surface area (Å²) >= 11 is 1.84. The highest BCUT2D eigenvalue weighted by atomic mass is 32.1. The summed E-state index contributed by atoms with van der Waals surface area (Å²) in [5.41, 5.74) is 7.03. The average molecular weight is 580 g/mol. The molecule has 9 rings (SSSR count). The predicted octanol–water partition coefficient (Wildman–Crippen LogP) is 12.3. The standard InChI is InChI=1S/C41H27N2S/c1-2-9-31(10-3-1)43(33-22-23-35-30(26-33)17-16-29-15-14-27-8-4-5-11-34(27)39(29)35)32-20-18-28(19-21-32)36-24-25-42-40-37-12-6-7-13-38(37)44-41(36)40/h1-24,26H,25H2/q-1. The van der Waals surface area contributed by atoms with Gasteiger partial charge in [0.25, 0.3) is 0 Å². The van der Waals surface area contributed by atoms with E-state index in [1.165, 1.54) is 58.4 Å². The van der Waals surface area contributed by atoms with Gasteiger partial charge < -0.3 is 10.2 Å². The maximum absolute atomic E-state index is 4.87. The SMILES string of the molecule is C1=C(c2ccc(N(c3ccccc3)c3ccc4c(ccc5ccc6ccccc6c54)c3)cc2)c2sc3ccccc3c2[N-]C1. The molecule has 2 heterocycles. The van der Waals surface area contributed by atoms with Crippen molar-refractivity contribution in [1.82, 2.24) is 0 Å². The maximum Gasteiger partial charge on any atom is 0.0468 e. The first-order valence-electron chi connectivity index (χ1n) is 15.0. The first-order valence-corrected chi connectivity index (χ1v) is 15.8. The fourth-order valence-corrected chi connectivity index (χ4v) is 7.94. The van der Waals surface area contributed by atoms with Crippen LogP contribution in [0.2, 0.25) is 0 Å². The average Bonchev–Trinajstić information content (AvgIpc) is 3.48. The molecular formula is C41H27N2S-. The Bertz CT molecular complexity index is 2380. The van der Waals surface area contributed by atoms with E-state index in [2.05, 4.69) is 157 Å². The minimum atomic E-state index is 0.710. The van der Waals surface area contributed by atoms with Gasteiger partial charge in [0.15, 0.2) is 0 Å². The van der Waals surface area contributed by atoms with Crippen LogP contribution in [0.15, 0.2) is 152 Å². The van der Waals surface area contributed by atoms with E-state index in [4.69, 9.17) is 5.32 Å². The molecule has 1 aliphatic rings. The summed E-state index contributed by atoms with van der Waals surface area (Å²) in [6, 6.07) is 52.8. The molecule has 0 bridgehead atoms. The molecule has 0 spiro atoms. The number of benzene rings is 7. The van der Waals surface area contributed by atoms with Gasteiger partial charge in [0.05, 0.1) is 0 Å². The van der Waals surface area contributed by atoms with Crippen molar-refractivity contribution in [3.63, 3.8) is 0 Å². The van der Waals surface area contributed by atoms with Crippen LogP contribution in [0.5, 0.6) is 0 Å². The van der Waals surface area contributed by atoms with Crippen molar-refractivity contribution in [2.75, 3.05) is 11.4 Å². The van der Waals surface area contributed by atoms with Crippen LogP contribution in [0.1, 0.15) is 10.4 Å². The highest BCUT2D eigenvalue weighted by Crippen LogP contribution is 2.48. The van der Waals surface area contributed by atoms with Crippen molar-refractivity contribution in [3.05, 3.63) is 167 Å². The quantitative estimate of drug-likeness (QED) is 0.190. The van der Waals surface area contributed by atoms with Crippen LogP contribution in [-0.2, 0) is 0 Å². The molecule has 7 aromatic carbocycles. The molecule has 0 aliphatic carbocycles. The van der Waals surface area contributed by atoms with E-state index >= 15 is 0 Å². The van der Waals surface area contributed by atoms with Gasteiger partial charge in [-0.2, -0.15) is 0 Å². The summed E-state index contributed by atoms with van der Waals surface area (Å²) in [6.07, 6.45) is 2.26. The van der Waals surface area contributed by atoms with Gasteiger partial charge in [-0.1, -0.05) is 109 Å². The van der Waals surface area contributed by atoms with Crippen molar-refractivity contribution in [1.29, 1.82) is 0 Å². The first kappa shape index (κ1) is 25.1. The molecule has 0 saturated heterocycles. The van der Waals surface area contributed by atoms with Gasteiger partial charge in [-0.25, -0.2) is 0 Å². The summed E-state index contributed by atoms with van der Waals surface area (Å²) in [5.74, 6) is 0. The number of anilines is 3. The molecular weight excluding hydrogens is 553 g/mol. The minimum absolute atomic E-state index is 0.710. The van der Waals surface area contributed by atoms with Crippen molar-refractivity contribution in [2.24, 2.45) is 0 Å². The van der Waals surface area contributed by atoms with Crippen LogP contribution >= 0.6 is 11.3 Å². The topological polar surface area (TPSA) is 17.3 Å². The lowest BCUT2D eigenvalue weighted by molar-refractivity contribution is 1.29. The minimum Gasteiger partial charge on any atom is -0.679 e. The third-order valence-corrected chi connectivity index (χ3v) is 9.97. The largest absolute Gasteiger partial charge is 0.679 e. The molecule has 0 N–H and O–H groups in total. The van der Waals surface area contributed by atoms with Gasteiger partial charge in [-0.15, -0.1) is 23.6 Å². The highest BCUT2D eigenvalue weighted by molar-refractivity contribution is 7.21. The third kappa shape index (κ3) is 4.01. The molecule has 3 heteroatoms. The number of para-hydroxylation sites is 1. The summed E-state index contributed by atoms with van der Waals surface area (Å²) < 4.78 is 1.29. The number of fused-ring (bicyclic) bond motifs is 8. The second kappa shape index (κ2) is 10.1. The van der Waals surface area contributed by atoms with Crippen LogP contribution in [0, 0.1) is 0 Å². The number of nitrogens with zero attached hydrogens (tertiary/aromatic N) is 2. The van der Waals surface area contributed by atoms with Gasteiger partial charge >= 0.3 is 0 Å². The zero-order chi connectivity index (χ0) is 29.0. The second-order valence-electron chi connectivity index (χ2n) is 11.3. The molecule has 1 aliphatic heterocycles. The molecule has 208 valence electrons. The Balaban J connectivity index is 1.15. The zero-order valence-corrected chi connectivity index (χ0v) is 24.8. The summed E-state index contributed by atoms with van der Waals surface area (Å²) in [4.78, 5) is 3.62. The second-order valence-corrected chi connectivity index (χ2v) is 12.4. The van der Waals surface area contributed by atoms with Crippen LogP contribution in [0.4, 0.5) is 22.7 Å². The normalized spacial score (nSPS) is 12.8. The molecule has 0 amide bonds. The van der Waals surface area contributed by atoms with Gasteiger partial charge in [0.2, 0.25) is 0 Å².